The molecule has 0 aromatic carbocycles. The summed E-state index contributed by atoms with van der Waals surface area (Å²) in [5.41, 5.74) is 1.22. The van der Waals surface area contributed by atoms with Crippen molar-refractivity contribution in [2.75, 3.05) is 5.32 Å². The molecule has 0 atom stereocenters. The van der Waals surface area contributed by atoms with Crippen molar-refractivity contribution in [2.45, 2.75) is 52.6 Å². The largest absolute Gasteiger partial charge is 0.378 e. The second kappa shape index (κ2) is 3.30. The minimum atomic E-state index is 0.0534. The highest BCUT2D eigenvalue weighted by atomic mass is 15.3. The predicted octanol–water partition coefficient (Wildman–Crippen LogP) is 2.85. The highest BCUT2D eigenvalue weighted by molar-refractivity contribution is 5.40. The highest BCUT2D eigenvalue weighted by Crippen LogP contribution is 2.18. The molecule has 0 saturated heterocycles. The Morgan fingerprint density at radius 1 is 1.14 bits per heavy atom. The maximum Gasteiger partial charge on any atom is 0.0730 e. The van der Waals surface area contributed by atoms with Crippen molar-refractivity contribution >= 4 is 5.69 Å². The zero-order valence-corrected chi connectivity index (χ0v) is 10.0. The van der Waals surface area contributed by atoms with Crippen LogP contribution in [0.1, 0.15) is 41.5 Å². The van der Waals surface area contributed by atoms with Gasteiger partial charge in [-0.05, 0) is 41.5 Å². The molecular weight excluding hydrogens is 174 g/mol. The van der Waals surface area contributed by atoms with Crippen molar-refractivity contribution in [3.05, 3.63) is 12.4 Å². The molecule has 0 saturated carbocycles. The lowest BCUT2D eigenvalue weighted by molar-refractivity contribution is 0.355. The Morgan fingerprint density at radius 2 is 1.71 bits per heavy atom. The Balaban J connectivity index is 2.79. The third-order valence-corrected chi connectivity index (χ3v) is 1.79. The molecule has 0 spiro atoms. The minimum Gasteiger partial charge on any atom is -0.378 e. The van der Waals surface area contributed by atoms with Gasteiger partial charge in [-0.25, -0.2) is 0 Å². The van der Waals surface area contributed by atoms with E-state index in [4.69, 9.17) is 0 Å². The van der Waals surface area contributed by atoms with Crippen molar-refractivity contribution in [2.24, 2.45) is 0 Å². The molecule has 0 fully saturated rings. The van der Waals surface area contributed by atoms with Gasteiger partial charge < -0.3 is 5.32 Å². The van der Waals surface area contributed by atoms with Crippen LogP contribution >= 0.6 is 0 Å². The number of aromatic nitrogens is 2. The molecule has 1 rings (SSSR count). The first-order valence-corrected chi connectivity index (χ1v) is 5.02. The molecule has 80 valence electrons. The predicted molar refractivity (Wildman–Crippen MR) is 60.6 cm³/mol. The molecule has 0 aliphatic rings. The summed E-state index contributed by atoms with van der Waals surface area (Å²) in [5.74, 6) is 0. The lowest BCUT2D eigenvalue weighted by Gasteiger charge is -2.21. The summed E-state index contributed by atoms with van der Waals surface area (Å²) in [5, 5.41) is 7.72. The van der Waals surface area contributed by atoms with Crippen LogP contribution in [0.4, 0.5) is 5.69 Å². The third kappa shape index (κ3) is 3.05. The van der Waals surface area contributed by atoms with Crippen LogP contribution in [0.5, 0.6) is 0 Å². The van der Waals surface area contributed by atoms with Crippen LogP contribution < -0.4 is 5.32 Å². The molecule has 3 heteroatoms. The van der Waals surface area contributed by atoms with Gasteiger partial charge in [-0.3, -0.25) is 4.68 Å². The lowest BCUT2D eigenvalue weighted by atomic mass is 10.1. The smallest absolute Gasteiger partial charge is 0.0730 e. The molecule has 1 N–H and O–H groups in total. The lowest BCUT2D eigenvalue weighted by Crippen LogP contribution is -2.26. The standard InChI is InChI=1S/C11H21N3/c1-10(2,3)13-9-7-12-14(8-9)11(4,5)6/h7-8,13H,1-6H3. The second-order valence-corrected chi connectivity index (χ2v) is 5.72. The SMILES string of the molecule is CC(C)(C)Nc1cnn(C(C)(C)C)c1. The number of anilines is 1. The first-order chi connectivity index (χ1) is 6.18. The maximum absolute atomic E-state index is 4.33. The van der Waals surface area contributed by atoms with Gasteiger partial charge in [0, 0.05) is 11.7 Å². The Kier molecular flexibility index (Phi) is 2.61. The van der Waals surface area contributed by atoms with Gasteiger partial charge in [0.2, 0.25) is 0 Å². The number of hydrogen-bond donors (Lipinski definition) is 1. The average molecular weight is 195 g/mol. The quantitative estimate of drug-likeness (QED) is 0.746. The fourth-order valence-electron chi connectivity index (χ4n) is 1.19. The first kappa shape index (κ1) is 11.1. The molecule has 1 aromatic heterocycles. The Morgan fingerprint density at radius 3 is 2.07 bits per heavy atom. The molecule has 1 aromatic rings. The van der Waals surface area contributed by atoms with Gasteiger partial charge in [-0.15, -0.1) is 0 Å². The number of hydrogen-bond acceptors (Lipinski definition) is 2. The van der Waals surface area contributed by atoms with Crippen LogP contribution in [0.25, 0.3) is 0 Å². The van der Waals surface area contributed by atoms with Crippen LogP contribution in [-0.4, -0.2) is 15.3 Å². The fraction of sp³-hybridized carbons (Fsp3) is 0.727. The summed E-state index contributed by atoms with van der Waals surface area (Å²) in [6.07, 6.45) is 3.92. The van der Waals surface area contributed by atoms with Crippen LogP contribution in [-0.2, 0) is 5.54 Å². The fourth-order valence-corrected chi connectivity index (χ4v) is 1.19. The Hall–Kier alpha value is -0.990. The molecule has 0 amide bonds. The average Bonchev–Trinajstić information content (AvgIpc) is 2.29. The van der Waals surface area contributed by atoms with Crippen LogP contribution in [0, 0.1) is 0 Å². The molecule has 1 heterocycles. The second-order valence-electron chi connectivity index (χ2n) is 5.72. The van der Waals surface area contributed by atoms with Gasteiger partial charge >= 0.3 is 0 Å². The molecule has 0 bridgehead atoms. The Bertz CT molecular complexity index is 299. The van der Waals surface area contributed by atoms with Crippen molar-refractivity contribution in [1.82, 2.24) is 9.78 Å². The van der Waals surface area contributed by atoms with Gasteiger partial charge in [0.25, 0.3) is 0 Å². The highest BCUT2D eigenvalue weighted by Gasteiger charge is 2.16. The summed E-state index contributed by atoms with van der Waals surface area (Å²) in [6, 6.07) is 0. The van der Waals surface area contributed by atoms with E-state index in [9.17, 15) is 0 Å². The molecular formula is C11H21N3. The minimum absolute atomic E-state index is 0.0534. The molecule has 3 nitrogen and oxygen atoms in total. The van der Waals surface area contributed by atoms with E-state index in [1.165, 1.54) is 0 Å². The van der Waals surface area contributed by atoms with Gasteiger partial charge in [0.1, 0.15) is 0 Å². The number of nitrogens with zero attached hydrogens (tertiary/aromatic N) is 2. The summed E-state index contributed by atoms with van der Waals surface area (Å²) < 4.78 is 1.97. The maximum atomic E-state index is 4.33. The van der Waals surface area contributed by atoms with Crippen LogP contribution in [0.15, 0.2) is 12.4 Å². The molecule has 0 aliphatic heterocycles. The van der Waals surface area contributed by atoms with Crippen molar-refractivity contribution in [1.29, 1.82) is 0 Å². The van der Waals surface area contributed by atoms with Crippen LogP contribution in [0.3, 0.4) is 0 Å². The van der Waals surface area contributed by atoms with Gasteiger partial charge in [0.05, 0.1) is 17.4 Å². The summed E-state index contributed by atoms with van der Waals surface area (Å²) in [6.45, 7) is 12.8. The van der Waals surface area contributed by atoms with Gasteiger partial charge in [-0.2, -0.15) is 5.10 Å². The number of rotatable bonds is 1. The van der Waals surface area contributed by atoms with Crippen molar-refractivity contribution < 1.29 is 0 Å². The Labute approximate surface area is 86.5 Å². The zero-order chi connectivity index (χ0) is 11.0. The molecule has 14 heavy (non-hydrogen) atoms. The molecule has 0 aliphatic carbocycles. The van der Waals surface area contributed by atoms with Crippen molar-refractivity contribution in [3.63, 3.8) is 0 Å². The van der Waals surface area contributed by atoms with E-state index >= 15 is 0 Å². The topological polar surface area (TPSA) is 29.9 Å². The van der Waals surface area contributed by atoms with Gasteiger partial charge in [-0.1, -0.05) is 0 Å². The van der Waals surface area contributed by atoms with E-state index in [2.05, 4.69) is 52.0 Å². The first-order valence-electron chi connectivity index (χ1n) is 5.02. The number of nitrogens with one attached hydrogen (secondary N) is 1. The third-order valence-electron chi connectivity index (χ3n) is 1.79. The molecule has 0 unspecified atom stereocenters. The van der Waals surface area contributed by atoms with Crippen molar-refractivity contribution in [3.8, 4) is 0 Å². The van der Waals surface area contributed by atoms with E-state index < -0.39 is 0 Å². The monoisotopic (exact) mass is 195 g/mol. The van der Waals surface area contributed by atoms with Crippen LogP contribution in [0.2, 0.25) is 0 Å². The van der Waals surface area contributed by atoms with E-state index in [1.54, 1.807) is 0 Å². The summed E-state index contributed by atoms with van der Waals surface area (Å²) in [4.78, 5) is 0. The van der Waals surface area contributed by atoms with Gasteiger partial charge in [0.15, 0.2) is 0 Å². The van der Waals surface area contributed by atoms with E-state index in [0.717, 1.165) is 5.69 Å². The summed E-state index contributed by atoms with van der Waals surface area (Å²) in [7, 11) is 0. The van der Waals surface area contributed by atoms with E-state index in [-0.39, 0.29) is 11.1 Å². The molecule has 0 radical (unpaired) electrons. The van der Waals surface area contributed by atoms with E-state index in [1.807, 2.05) is 17.1 Å². The normalized spacial score (nSPS) is 13.0. The van der Waals surface area contributed by atoms with E-state index in [0.29, 0.717) is 0 Å². The summed E-state index contributed by atoms with van der Waals surface area (Å²) >= 11 is 0. The zero-order valence-electron chi connectivity index (χ0n) is 10.0.